The lowest BCUT2D eigenvalue weighted by molar-refractivity contribution is 0.0716. The van der Waals surface area contributed by atoms with Crippen molar-refractivity contribution in [3.05, 3.63) is 35.1 Å². The maximum atomic E-state index is 13.7. The first-order valence-electron chi connectivity index (χ1n) is 7.88. The van der Waals surface area contributed by atoms with E-state index in [1.165, 1.54) is 6.07 Å². The predicted molar refractivity (Wildman–Crippen MR) is 82.9 cm³/mol. The van der Waals surface area contributed by atoms with Crippen LogP contribution >= 0.6 is 0 Å². The van der Waals surface area contributed by atoms with Crippen molar-refractivity contribution in [2.45, 2.75) is 33.1 Å². The lowest BCUT2D eigenvalue weighted by atomic mass is 9.97. The fourth-order valence-electron chi connectivity index (χ4n) is 2.83. The molecule has 3 nitrogen and oxygen atoms in total. The van der Waals surface area contributed by atoms with Crippen molar-refractivity contribution >= 4 is 5.91 Å². The van der Waals surface area contributed by atoms with Crippen LogP contribution in [0.4, 0.5) is 4.39 Å². The molecule has 116 valence electrons. The van der Waals surface area contributed by atoms with E-state index in [0.29, 0.717) is 17.0 Å². The second-order valence-electron chi connectivity index (χ2n) is 5.91. The van der Waals surface area contributed by atoms with Crippen molar-refractivity contribution in [3.8, 4) is 0 Å². The second kappa shape index (κ2) is 7.55. The first-order chi connectivity index (χ1) is 10.1. The molecule has 0 saturated carbocycles. The van der Waals surface area contributed by atoms with Crippen molar-refractivity contribution in [1.29, 1.82) is 0 Å². The number of carbonyl (C=O) groups is 1. The zero-order valence-corrected chi connectivity index (χ0v) is 13.0. The van der Waals surface area contributed by atoms with E-state index in [4.69, 9.17) is 0 Å². The third kappa shape index (κ3) is 4.27. The van der Waals surface area contributed by atoms with E-state index in [2.05, 4.69) is 12.2 Å². The molecule has 1 fully saturated rings. The van der Waals surface area contributed by atoms with E-state index in [9.17, 15) is 9.18 Å². The molecular weight excluding hydrogens is 267 g/mol. The molecule has 0 aliphatic carbocycles. The zero-order chi connectivity index (χ0) is 15.2. The number of nitrogens with one attached hydrogen (secondary N) is 1. The molecule has 1 amide bonds. The molecule has 0 spiro atoms. The van der Waals surface area contributed by atoms with Gasteiger partial charge in [-0.1, -0.05) is 13.0 Å². The number of benzene rings is 1. The molecule has 0 radical (unpaired) electrons. The summed E-state index contributed by atoms with van der Waals surface area (Å²) < 4.78 is 13.7. The van der Waals surface area contributed by atoms with Gasteiger partial charge in [0, 0.05) is 18.7 Å². The molecular formula is C17H25FN2O. The Balaban J connectivity index is 2.08. The number of halogens is 1. The molecule has 1 N–H and O–H groups in total. The molecule has 0 bridgehead atoms. The van der Waals surface area contributed by atoms with Gasteiger partial charge in [0.05, 0.1) is 0 Å². The minimum atomic E-state index is -0.306. The van der Waals surface area contributed by atoms with E-state index in [1.807, 2.05) is 4.90 Å². The van der Waals surface area contributed by atoms with Gasteiger partial charge in [0.1, 0.15) is 5.82 Å². The van der Waals surface area contributed by atoms with Crippen molar-refractivity contribution in [2.75, 3.05) is 26.2 Å². The van der Waals surface area contributed by atoms with Gasteiger partial charge in [0.2, 0.25) is 0 Å². The Morgan fingerprint density at radius 1 is 1.38 bits per heavy atom. The summed E-state index contributed by atoms with van der Waals surface area (Å²) in [5, 5.41) is 3.34. The zero-order valence-electron chi connectivity index (χ0n) is 13.0. The molecule has 2 rings (SSSR count). The van der Waals surface area contributed by atoms with Crippen LogP contribution in [-0.4, -0.2) is 37.0 Å². The lowest BCUT2D eigenvalue weighted by Crippen LogP contribution is -2.39. The van der Waals surface area contributed by atoms with Gasteiger partial charge >= 0.3 is 0 Å². The lowest BCUT2D eigenvalue weighted by Gasteiger charge is -2.30. The Labute approximate surface area is 126 Å². The van der Waals surface area contributed by atoms with E-state index < -0.39 is 0 Å². The van der Waals surface area contributed by atoms with Crippen LogP contribution in [0.2, 0.25) is 0 Å². The van der Waals surface area contributed by atoms with Crippen molar-refractivity contribution < 1.29 is 9.18 Å². The first kappa shape index (κ1) is 16.0. The summed E-state index contributed by atoms with van der Waals surface area (Å²) in [6.45, 7) is 7.35. The van der Waals surface area contributed by atoms with E-state index in [0.717, 1.165) is 45.4 Å². The predicted octanol–water partition coefficient (Wildman–Crippen LogP) is 2.99. The van der Waals surface area contributed by atoms with Gasteiger partial charge in [-0.05, 0) is 62.9 Å². The Bertz CT molecular complexity index is 484. The normalized spacial score (nSPS) is 16.0. The maximum absolute atomic E-state index is 13.7. The molecule has 21 heavy (non-hydrogen) atoms. The number of hydrogen-bond acceptors (Lipinski definition) is 2. The number of piperidine rings is 1. The number of nitrogens with zero attached hydrogens (tertiary/aromatic N) is 1. The molecule has 1 heterocycles. The summed E-state index contributed by atoms with van der Waals surface area (Å²) in [6, 6.07) is 4.77. The van der Waals surface area contributed by atoms with E-state index >= 15 is 0 Å². The van der Waals surface area contributed by atoms with Crippen LogP contribution in [0.5, 0.6) is 0 Å². The van der Waals surface area contributed by atoms with E-state index in [-0.39, 0.29) is 11.7 Å². The highest BCUT2D eigenvalue weighted by atomic mass is 19.1. The van der Waals surface area contributed by atoms with Gasteiger partial charge in [0.25, 0.3) is 5.91 Å². The van der Waals surface area contributed by atoms with Crippen molar-refractivity contribution in [2.24, 2.45) is 5.92 Å². The summed E-state index contributed by atoms with van der Waals surface area (Å²) in [4.78, 5) is 14.5. The summed E-state index contributed by atoms with van der Waals surface area (Å²) in [7, 11) is 0. The molecule has 0 unspecified atom stereocenters. The monoisotopic (exact) mass is 292 g/mol. The second-order valence-corrected chi connectivity index (χ2v) is 5.91. The number of aryl methyl sites for hydroxylation is 1. The highest BCUT2D eigenvalue weighted by Gasteiger charge is 2.21. The third-order valence-corrected chi connectivity index (χ3v) is 4.14. The van der Waals surface area contributed by atoms with Crippen LogP contribution in [-0.2, 0) is 0 Å². The topological polar surface area (TPSA) is 32.3 Å². The third-order valence-electron chi connectivity index (χ3n) is 4.14. The summed E-state index contributed by atoms with van der Waals surface area (Å²) in [5.74, 6) is 0.200. The minimum absolute atomic E-state index is 0.0470. The fraction of sp³-hybridized carbons (Fsp3) is 0.588. The Morgan fingerprint density at radius 3 is 2.71 bits per heavy atom. The van der Waals surface area contributed by atoms with Gasteiger partial charge in [-0.3, -0.25) is 4.79 Å². The van der Waals surface area contributed by atoms with Crippen molar-refractivity contribution in [3.63, 3.8) is 0 Å². The van der Waals surface area contributed by atoms with Crippen LogP contribution < -0.4 is 5.32 Å². The van der Waals surface area contributed by atoms with Crippen LogP contribution in [0, 0.1) is 18.7 Å². The van der Waals surface area contributed by atoms with Crippen LogP contribution in [0.1, 0.15) is 42.1 Å². The standard InChI is InChI=1S/C17H25FN2O/c1-3-10-20(12-14-6-8-19-9-7-14)17(21)15-5-4-13(2)16(18)11-15/h4-5,11,14,19H,3,6-10,12H2,1-2H3. The average molecular weight is 292 g/mol. The molecule has 4 heteroatoms. The highest BCUT2D eigenvalue weighted by molar-refractivity contribution is 5.94. The molecule has 1 aliphatic heterocycles. The first-order valence-corrected chi connectivity index (χ1v) is 7.88. The van der Waals surface area contributed by atoms with Crippen LogP contribution in [0.3, 0.4) is 0 Å². The van der Waals surface area contributed by atoms with Gasteiger partial charge in [-0.15, -0.1) is 0 Å². The molecule has 1 saturated heterocycles. The van der Waals surface area contributed by atoms with Gasteiger partial charge in [0.15, 0.2) is 0 Å². The highest BCUT2D eigenvalue weighted by Crippen LogP contribution is 2.17. The minimum Gasteiger partial charge on any atom is -0.338 e. The van der Waals surface area contributed by atoms with Crippen molar-refractivity contribution in [1.82, 2.24) is 10.2 Å². The largest absolute Gasteiger partial charge is 0.338 e. The Morgan fingerprint density at radius 2 is 2.10 bits per heavy atom. The fourth-order valence-corrected chi connectivity index (χ4v) is 2.83. The molecule has 0 aromatic heterocycles. The molecule has 1 aromatic rings. The number of carbonyl (C=O) groups excluding carboxylic acids is 1. The number of rotatable bonds is 5. The van der Waals surface area contributed by atoms with Gasteiger partial charge in [-0.2, -0.15) is 0 Å². The SMILES string of the molecule is CCCN(CC1CCNCC1)C(=O)c1ccc(C)c(F)c1. The summed E-state index contributed by atoms with van der Waals surface area (Å²) >= 11 is 0. The maximum Gasteiger partial charge on any atom is 0.253 e. The van der Waals surface area contributed by atoms with E-state index in [1.54, 1.807) is 19.1 Å². The Hall–Kier alpha value is -1.42. The molecule has 0 atom stereocenters. The number of hydrogen-bond donors (Lipinski definition) is 1. The summed E-state index contributed by atoms with van der Waals surface area (Å²) in [6.07, 6.45) is 3.14. The van der Waals surface area contributed by atoms with Crippen LogP contribution in [0.25, 0.3) is 0 Å². The number of amides is 1. The van der Waals surface area contributed by atoms with Gasteiger partial charge in [-0.25, -0.2) is 4.39 Å². The van der Waals surface area contributed by atoms with Gasteiger partial charge < -0.3 is 10.2 Å². The average Bonchev–Trinajstić information content (AvgIpc) is 2.50. The Kier molecular flexibility index (Phi) is 5.74. The summed E-state index contributed by atoms with van der Waals surface area (Å²) in [5.41, 5.74) is 1.03. The smallest absolute Gasteiger partial charge is 0.253 e. The molecule has 1 aliphatic rings. The molecule has 1 aromatic carbocycles. The van der Waals surface area contributed by atoms with Crippen LogP contribution in [0.15, 0.2) is 18.2 Å². The quantitative estimate of drug-likeness (QED) is 0.905.